The Morgan fingerprint density at radius 2 is 2.00 bits per heavy atom. The summed E-state index contributed by atoms with van der Waals surface area (Å²) in [4.78, 5) is 23.5. The van der Waals surface area contributed by atoms with Crippen molar-refractivity contribution in [3.63, 3.8) is 0 Å². The number of carbonyl (C=O) groups excluding carboxylic acids is 2. The zero-order valence-electron chi connectivity index (χ0n) is 10.3. The minimum atomic E-state index is -1.68. The lowest BCUT2D eigenvalue weighted by Gasteiger charge is -2.20. The van der Waals surface area contributed by atoms with E-state index in [0.717, 1.165) is 0 Å². The van der Waals surface area contributed by atoms with E-state index in [9.17, 15) is 9.59 Å². The van der Waals surface area contributed by atoms with Gasteiger partial charge in [0.2, 0.25) is 5.54 Å². The molecule has 1 unspecified atom stereocenters. The van der Waals surface area contributed by atoms with E-state index in [4.69, 9.17) is 10.00 Å². The average Bonchev–Trinajstić information content (AvgIpc) is 2.39. The summed E-state index contributed by atoms with van der Waals surface area (Å²) in [5.41, 5.74) is -1.30. The predicted octanol–water partition coefficient (Wildman–Crippen LogP) is 1.26. The van der Waals surface area contributed by atoms with Crippen LogP contribution < -0.4 is 5.32 Å². The van der Waals surface area contributed by atoms with Gasteiger partial charge >= 0.3 is 5.97 Å². The summed E-state index contributed by atoms with van der Waals surface area (Å²) in [6, 6.07) is 10.1. The number of esters is 1. The van der Waals surface area contributed by atoms with Gasteiger partial charge in [-0.1, -0.05) is 18.2 Å². The number of carbonyl (C=O) groups is 2. The normalized spacial score (nSPS) is 12.9. The number of benzene rings is 1. The molecule has 0 aromatic heterocycles. The number of rotatable bonds is 4. The third-order valence-electron chi connectivity index (χ3n) is 2.31. The van der Waals surface area contributed by atoms with E-state index in [1.807, 2.05) is 0 Å². The third kappa shape index (κ3) is 3.08. The van der Waals surface area contributed by atoms with Gasteiger partial charge in [-0.3, -0.25) is 4.79 Å². The second kappa shape index (κ2) is 5.82. The van der Waals surface area contributed by atoms with E-state index < -0.39 is 17.4 Å². The Balaban J connectivity index is 2.85. The molecule has 1 N–H and O–H groups in total. The Morgan fingerprint density at radius 1 is 1.39 bits per heavy atom. The van der Waals surface area contributed by atoms with Crippen LogP contribution in [0.4, 0.5) is 0 Å². The molecule has 0 bridgehead atoms. The fourth-order valence-corrected chi connectivity index (χ4v) is 1.29. The van der Waals surface area contributed by atoms with Crippen LogP contribution in [0, 0.1) is 11.3 Å². The SMILES string of the molecule is CCOC(=O)C(C)(C#N)NC(=O)c1ccccc1. The second-order valence-corrected chi connectivity index (χ2v) is 3.78. The molecule has 0 spiro atoms. The first kappa shape index (κ1) is 13.7. The van der Waals surface area contributed by atoms with E-state index in [-0.39, 0.29) is 6.61 Å². The summed E-state index contributed by atoms with van der Waals surface area (Å²) in [5, 5.41) is 11.4. The Labute approximate surface area is 105 Å². The van der Waals surface area contributed by atoms with Crippen molar-refractivity contribution in [1.29, 1.82) is 5.26 Å². The van der Waals surface area contributed by atoms with Crippen molar-refractivity contribution in [3.8, 4) is 6.07 Å². The highest BCUT2D eigenvalue weighted by Gasteiger charge is 2.36. The maximum Gasteiger partial charge on any atom is 0.346 e. The Morgan fingerprint density at radius 3 is 2.50 bits per heavy atom. The molecular formula is C13H14N2O3. The van der Waals surface area contributed by atoms with Gasteiger partial charge in [-0.15, -0.1) is 0 Å². The van der Waals surface area contributed by atoms with Crippen LogP contribution in [0.15, 0.2) is 30.3 Å². The van der Waals surface area contributed by atoms with E-state index in [2.05, 4.69) is 5.32 Å². The molecule has 0 aliphatic carbocycles. The number of ether oxygens (including phenoxy) is 1. The molecule has 0 heterocycles. The van der Waals surface area contributed by atoms with Crippen molar-refractivity contribution in [2.45, 2.75) is 19.4 Å². The summed E-state index contributed by atoms with van der Waals surface area (Å²) < 4.78 is 4.76. The quantitative estimate of drug-likeness (QED) is 0.811. The lowest BCUT2D eigenvalue weighted by atomic mass is 10.0. The zero-order valence-corrected chi connectivity index (χ0v) is 10.3. The summed E-state index contributed by atoms with van der Waals surface area (Å²) in [6.07, 6.45) is 0. The largest absolute Gasteiger partial charge is 0.463 e. The highest BCUT2D eigenvalue weighted by molar-refractivity contribution is 5.99. The standard InChI is InChI=1S/C13H14N2O3/c1-3-18-12(17)13(2,9-14)15-11(16)10-7-5-4-6-8-10/h4-8H,3H2,1-2H3,(H,15,16). The lowest BCUT2D eigenvalue weighted by Crippen LogP contribution is -2.52. The molecule has 18 heavy (non-hydrogen) atoms. The zero-order chi connectivity index (χ0) is 13.6. The summed E-state index contributed by atoms with van der Waals surface area (Å²) in [5.74, 6) is -1.26. The van der Waals surface area contributed by atoms with E-state index in [1.54, 1.807) is 43.3 Å². The number of hydrogen-bond donors (Lipinski definition) is 1. The van der Waals surface area contributed by atoms with Crippen LogP contribution in [0.3, 0.4) is 0 Å². The van der Waals surface area contributed by atoms with Crippen LogP contribution in [-0.4, -0.2) is 24.0 Å². The van der Waals surface area contributed by atoms with Crippen LogP contribution in [-0.2, 0) is 9.53 Å². The molecule has 0 aliphatic heterocycles. The molecule has 1 rings (SSSR count). The molecule has 1 aromatic carbocycles. The first-order valence-electron chi connectivity index (χ1n) is 5.49. The summed E-state index contributed by atoms with van der Waals surface area (Å²) >= 11 is 0. The number of amides is 1. The smallest absolute Gasteiger partial charge is 0.346 e. The maximum atomic E-state index is 11.9. The summed E-state index contributed by atoms with van der Waals surface area (Å²) in [7, 11) is 0. The Hall–Kier alpha value is -2.35. The number of nitrogens with one attached hydrogen (secondary N) is 1. The molecular weight excluding hydrogens is 232 g/mol. The van der Waals surface area contributed by atoms with Crippen molar-refractivity contribution >= 4 is 11.9 Å². The highest BCUT2D eigenvalue weighted by Crippen LogP contribution is 2.08. The van der Waals surface area contributed by atoms with Gasteiger partial charge in [-0.25, -0.2) is 4.79 Å². The minimum Gasteiger partial charge on any atom is -0.463 e. The Bertz CT molecular complexity index is 479. The van der Waals surface area contributed by atoms with Gasteiger partial charge in [-0.2, -0.15) is 5.26 Å². The molecule has 0 radical (unpaired) electrons. The van der Waals surface area contributed by atoms with Crippen molar-refractivity contribution in [2.75, 3.05) is 6.61 Å². The first-order chi connectivity index (χ1) is 8.53. The lowest BCUT2D eigenvalue weighted by molar-refractivity contribution is -0.147. The van der Waals surface area contributed by atoms with Gasteiger partial charge in [0.05, 0.1) is 6.61 Å². The van der Waals surface area contributed by atoms with Gasteiger partial charge in [0.25, 0.3) is 5.91 Å². The van der Waals surface area contributed by atoms with E-state index >= 15 is 0 Å². The van der Waals surface area contributed by atoms with Gasteiger partial charge in [0.15, 0.2) is 0 Å². The fraction of sp³-hybridized carbons (Fsp3) is 0.308. The predicted molar refractivity (Wildman–Crippen MR) is 64.6 cm³/mol. The highest BCUT2D eigenvalue weighted by atomic mass is 16.5. The van der Waals surface area contributed by atoms with Crippen LogP contribution in [0.25, 0.3) is 0 Å². The molecule has 5 heteroatoms. The van der Waals surface area contributed by atoms with Crippen LogP contribution in [0.2, 0.25) is 0 Å². The molecule has 1 atom stereocenters. The second-order valence-electron chi connectivity index (χ2n) is 3.78. The van der Waals surface area contributed by atoms with Crippen LogP contribution in [0.5, 0.6) is 0 Å². The molecule has 94 valence electrons. The van der Waals surface area contributed by atoms with Gasteiger partial charge in [-0.05, 0) is 26.0 Å². The van der Waals surface area contributed by atoms with Gasteiger partial charge in [0, 0.05) is 5.56 Å². The van der Waals surface area contributed by atoms with Crippen LogP contribution >= 0.6 is 0 Å². The maximum absolute atomic E-state index is 11.9. The molecule has 5 nitrogen and oxygen atoms in total. The minimum absolute atomic E-state index is 0.150. The average molecular weight is 246 g/mol. The molecule has 0 saturated heterocycles. The molecule has 1 aromatic rings. The van der Waals surface area contributed by atoms with Crippen molar-refractivity contribution < 1.29 is 14.3 Å². The Kier molecular flexibility index (Phi) is 4.44. The van der Waals surface area contributed by atoms with Crippen molar-refractivity contribution in [2.24, 2.45) is 0 Å². The monoisotopic (exact) mass is 246 g/mol. The molecule has 0 fully saturated rings. The third-order valence-corrected chi connectivity index (χ3v) is 2.31. The first-order valence-corrected chi connectivity index (χ1v) is 5.49. The van der Waals surface area contributed by atoms with E-state index in [0.29, 0.717) is 5.56 Å². The van der Waals surface area contributed by atoms with Crippen molar-refractivity contribution in [3.05, 3.63) is 35.9 Å². The number of nitriles is 1. The fourth-order valence-electron chi connectivity index (χ4n) is 1.29. The summed E-state index contributed by atoms with van der Waals surface area (Å²) in [6.45, 7) is 3.10. The van der Waals surface area contributed by atoms with Crippen LogP contribution in [0.1, 0.15) is 24.2 Å². The molecule has 0 aliphatic rings. The number of hydrogen-bond acceptors (Lipinski definition) is 4. The van der Waals surface area contributed by atoms with Crippen molar-refractivity contribution in [1.82, 2.24) is 5.32 Å². The van der Waals surface area contributed by atoms with Gasteiger partial charge < -0.3 is 10.1 Å². The number of nitrogens with zero attached hydrogens (tertiary/aromatic N) is 1. The van der Waals surface area contributed by atoms with E-state index in [1.165, 1.54) is 6.92 Å². The topological polar surface area (TPSA) is 79.2 Å². The van der Waals surface area contributed by atoms with Gasteiger partial charge in [0.1, 0.15) is 6.07 Å². The molecule has 0 saturated carbocycles. The molecule has 1 amide bonds.